The number of benzene rings is 1. The molecule has 1 aliphatic heterocycles. The summed E-state index contributed by atoms with van der Waals surface area (Å²) in [6, 6.07) is 3.99. The molecule has 0 saturated carbocycles. The number of carbonyl (C=O) groups is 2. The summed E-state index contributed by atoms with van der Waals surface area (Å²) in [6.07, 6.45) is 0. The largest absolute Gasteiger partial charge is 0.424 e. The number of hydrogen-bond donors (Lipinski definition) is 0. The van der Waals surface area contributed by atoms with Gasteiger partial charge in [-0.05, 0) is 12.1 Å². The van der Waals surface area contributed by atoms with Gasteiger partial charge in [-0.1, -0.05) is 6.07 Å². The summed E-state index contributed by atoms with van der Waals surface area (Å²) in [4.78, 5) is 24.6. The molecule has 1 aliphatic rings. The summed E-state index contributed by atoms with van der Waals surface area (Å²) in [7, 11) is 0. The Morgan fingerprint density at radius 3 is 2.79 bits per heavy atom. The van der Waals surface area contributed by atoms with Crippen molar-refractivity contribution in [3.8, 4) is 0 Å². The van der Waals surface area contributed by atoms with Crippen molar-refractivity contribution in [2.75, 3.05) is 4.90 Å². The van der Waals surface area contributed by atoms with Crippen molar-refractivity contribution in [3.63, 3.8) is 0 Å². The maximum absolute atomic E-state index is 13.8. The van der Waals surface area contributed by atoms with Gasteiger partial charge in [-0.25, -0.2) is 4.39 Å². The Morgan fingerprint density at radius 1 is 1.32 bits per heavy atom. The van der Waals surface area contributed by atoms with Crippen LogP contribution in [0.5, 0.6) is 0 Å². The monoisotopic (exact) mass is 261 g/mol. The average Bonchev–Trinajstić information content (AvgIpc) is 2.89. The first kappa shape index (κ1) is 11.5. The highest BCUT2D eigenvalue weighted by Gasteiger charge is 2.38. The molecule has 1 aromatic heterocycles. The zero-order valence-electron chi connectivity index (χ0n) is 9.88. The number of halogens is 1. The van der Waals surface area contributed by atoms with Gasteiger partial charge >= 0.3 is 0 Å². The number of para-hydroxylation sites is 1. The topological polar surface area (TPSA) is 76.3 Å². The van der Waals surface area contributed by atoms with Gasteiger partial charge in [-0.15, -0.1) is 10.2 Å². The quantitative estimate of drug-likeness (QED) is 0.760. The molecular weight excluding hydrogens is 253 g/mol. The maximum Gasteiger partial charge on any atom is 0.300 e. The second-order valence-corrected chi connectivity index (χ2v) is 4.07. The van der Waals surface area contributed by atoms with Crippen molar-refractivity contribution in [3.05, 3.63) is 41.4 Å². The van der Waals surface area contributed by atoms with Crippen LogP contribution in [-0.4, -0.2) is 21.9 Å². The molecule has 7 heteroatoms. The summed E-state index contributed by atoms with van der Waals surface area (Å²) in [5.74, 6) is -1.67. The van der Waals surface area contributed by atoms with E-state index in [2.05, 4.69) is 10.2 Å². The third-order valence-corrected chi connectivity index (χ3v) is 2.80. The van der Waals surface area contributed by atoms with Gasteiger partial charge in [0.05, 0.1) is 11.3 Å². The number of hydrogen-bond acceptors (Lipinski definition) is 5. The van der Waals surface area contributed by atoms with Crippen LogP contribution in [0.15, 0.2) is 22.6 Å². The summed E-state index contributed by atoms with van der Waals surface area (Å²) >= 11 is 0. The molecule has 96 valence electrons. The van der Waals surface area contributed by atoms with Crippen molar-refractivity contribution < 1.29 is 18.4 Å². The number of fused-ring (bicyclic) bond motifs is 1. The van der Waals surface area contributed by atoms with E-state index in [1.54, 1.807) is 6.92 Å². The number of rotatable bonds is 2. The van der Waals surface area contributed by atoms with E-state index in [0.717, 1.165) is 4.90 Å². The second-order valence-electron chi connectivity index (χ2n) is 4.07. The Labute approximate surface area is 106 Å². The number of Topliss-reactive ketones (excluding diaryl/α,β-unsaturated/α-hetero) is 1. The Kier molecular flexibility index (Phi) is 2.41. The van der Waals surface area contributed by atoms with Gasteiger partial charge in [0.15, 0.2) is 0 Å². The number of amides is 1. The zero-order chi connectivity index (χ0) is 13.6. The normalized spacial score (nSPS) is 14.1. The predicted molar refractivity (Wildman–Crippen MR) is 61.0 cm³/mol. The molecule has 0 unspecified atom stereocenters. The van der Waals surface area contributed by atoms with Crippen molar-refractivity contribution >= 4 is 17.4 Å². The molecule has 1 amide bonds. The number of ketones is 1. The Morgan fingerprint density at radius 2 is 2.11 bits per heavy atom. The highest BCUT2D eigenvalue weighted by molar-refractivity contribution is 6.52. The maximum atomic E-state index is 13.8. The molecule has 0 atom stereocenters. The highest BCUT2D eigenvalue weighted by atomic mass is 19.1. The third kappa shape index (κ3) is 1.70. The minimum Gasteiger partial charge on any atom is -0.424 e. The summed E-state index contributed by atoms with van der Waals surface area (Å²) in [6.45, 7) is 1.47. The molecular formula is C12H8FN3O3. The standard InChI is InChI=1S/C12H8FN3O3/c1-6-14-15-9(19-6)5-16-10-7(11(17)12(16)18)3-2-4-8(10)13/h2-4H,5H2,1H3. The molecule has 3 rings (SSSR count). The summed E-state index contributed by atoms with van der Waals surface area (Å²) in [5, 5.41) is 7.34. The summed E-state index contributed by atoms with van der Waals surface area (Å²) in [5.41, 5.74) is 0.0228. The van der Waals surface area contributed by atoms with Crippen LogP contribution in [0.4, 0.5) is 10.1 Å². The van der Waals surface area contributed by atoms with Crippen LogP contribution in [0.1, 0.15) is 22.1 Å². The van der Waals surface area contributed by atoms with Crippen LogP contribution in [0, 0.1) is 12.7 Å². The molecule has 1 aromatic carbocycles. The van der Waals surface area contributed by atoms with Gasteiger partial charge in [0, 0.05) is 6.92 Å². The lowest BCUT2D eigenvalue weighted by Gasteiger charge is -2.14. The minimum atomic E-state index is -0.795. The molecule has 0 radical (unpaired) electrons. The Balaban J connectivity index is 2.04. The van der Waals surface area contributed by atoms with Crippen LogP contribution in [-0.2, 0) is 11.3 Å². The SMILES string of the molecule is Cc1nnc(CN2C(=O)C(=O)c3cccc(F)c32)o1. The van der Waals surface area contributed by atoms with Crippen molar-refractivity contribution in [2.45, 2.75) is 13.5 Å². The van der Waals surface area contributed by atoms with E-state index in [4.69, 9.17) is 4.42 Å². The highest BCUT2D eigenvalue weighted by Crippen LogP contribution is 2.32. The predicted octanol–water partition coefficient (Wildman–Crippen LogP) is 1.25. The first-order chi connectivity index (χ1) is 9.08. The number of anilines is 1. The van der Waals surface area contributed by atoms with Gasteiger partial charge in [0.1, 0.15) is 12.4 Å². The fourth-order valence-corrected chi connectivity index (χ4v) is 2.00. The van der Waals surface area contributed by atoms with E-state index in [1.807, 2.05) is 0 Å². The number of aryl methyl sites for hydroxylation is 1. The molecule has 0 fully saturated rings. The van der Waals surface area contributed by atoms with Crippen LogP contribution in [0.2, 0.25) is 0 Å². The molecule has 0 aliphatic carbocycles. The smallest absolute Gasteiger partial charge is 0.300 e. The molecule has 0 spiro atoms. The van der Waals surface area contributed by atoms with Crippen LogP contribution >= 0.6 is 0 Å². The fraction of sp³-hybridized carbons (Fsp3) is 0.167. The van der Waals surface area contributed by atoms with Crippen LogP contribution < -0.4 is 4.90 Å². The van der Waals surface area contributed by atoms with E-state index >= 15 is 0 Å². The number of nitrogens with zero attached hydrogens (tertiary/aromatic N) is 3. The van der Waals surface area contributed by atoms with Gasteiger partial charge in [0.25, 0.3) is 11.7 Å². The lowest BCUT2D eigenvalue weighted by atomic mass is 10.1. The van der Waals surface area contributed by atoms with E-state index in [-0.39, 0.29) is 23.7 Å². The van der Waals surface area contributed by atoms with Crippen LogP contribution in [0.3, 0.4) is 0 Å². The van der Waals surface area contributed by atoms with E-state index in [1.165, 1.54) is 18.2 Å². The van der Waals surface area contributed by atoms with E-state index in [0.29, 0.717) is 5.89 Å². The zero-order valence-corrected chi connectivity index (χ0v) is 9.88. The molecule has 0 bridgehead atoms. The molecule has 0 saturated heterocycles. The van der Waals surface area contributed by atoms with Crippen molar-refractivity contribution in [1.82, 2.24) is 10.2 Å². The van der Waals surface area contributed by atoms with Gasteiger partial charge in [-0.2, -0.15) is 0 Å². The Bertz CT molecular complexity index is 695. The van der Waals surface area contributed by atoms with E-state index < -0.39 is 17.5 Å². The molecule has 2 aromatic rings. The van der Waals surface area contributed by atoms with Crippen molar-refractivity contribution in [1.29, 1.82) is 0 Å². The minimum absolute atomic E-state index is 0.0339. The number of carbonyl (C=O) groups excluding carboxylic acids is 2. The van der Waals surface area contributed by atoms with Gasteiger partial charge < -0.3 is 4.42 Å². The molecule has 6 nitrogen and oxygen atoms in total. The fourth-order valence-electron chi connectivity index (χ4n) is 2.00. The summed E-state index contributed by atoms with van der Waals surface area (Å²) < 4.78 is 18.9. The lowest BCUT2D eigenvalue weighted by Crippen LogP contribution is -2.29. The first-order valence-corrected chi connectivity index (χ1v) is 5.51. The average molecular weight is 261 g/mol. The number of aromatic nitrogens is 2. The first-order valence-electron chi connectivity index (χ1n) is 5.51. The van der Waals surface area contributed by atoms with Crippen molar-refractivity contribution in [2.24, 2.45) is 0 Å². The lowest BCUT2D eigenvalue weighted by molar-refractivity contribution is -0.114. The van der Waals surface area contributed by atoms with Crippen LogP contribution in [0.25, 0.3) is 0 Å². The molecule has 0 N–H and O–H groups in total. The molecule has 19 heavy (non-hydrogen) atoms. The van der Waals surface area contributed by atoms with Gasteiger partial charge in [0.2, 0.25) is 11.8 Å². The van der Waals surface area contributed by atoms with E-state index in [9.17, 15) is 14.0 Å². The third-order valence-electron chi connectivity index (χ3n) is 2.80. The molecule has 2 heterocycles. The van der Waals surface area contributed by atoms with Gasteiger partial charge in [-0.3, -0.25) is 14.5 Å². The Hall–Kier alpha value is -2.57. The second kappa shape index (κ2) is 3.98.